The molecule has 0 saturated carbocycles. The summed E-state index contributed by atoms with van der Waals surface area (Å²) in [5.41, 5.74) is 5.71. The largest absolute Gasteiger partial charge is 0.338 e. The number of nitrogens with zero attached hydrogens (tertiary/aromatic N) is 2. The zero-order chi connectivity index (χ0) is 18.9. The maximum Gasteiger partial charge on any atom is 0.230 e. The molecule has 140 valence electrons. The van der Waals surface area contributed by atoms with Crippen molar-refractivity contribution in [2.24, 2.45) is 5.92 Å². The van der Waals surface area contributed by atoms with Gasteiger partial charge in [-0.15, -0.1) is 0 Å². The summed E-state index contributed by atoms with van der Waals surface area (Å²) in [7, 11) is 0. The van der Waals surface area contributed by atoms with Crippen molar-refractivity contribution in [3.8, 4) is 0 Å². The van der Waals surface area contributed by atoms with Gasteiger partial charge in [0.25, 0.3) is 0 Å². The van der Waals surface area contributed by atoms with Gasteiger partial charge in [0.2, 0.25) is 5.91 Å². The Bertz CT molecular complexity index is 1000. The molecule has 0 spiro atoms. The molecule has 0 atom stereocenters. The summed E-state index contributed by atoms with van der Waals surface area (Å²) in [5, 5.41) is 3.41. The third kappa shape index (κ3) is 3.05. The predicted molar refractivity (Wildman–Crippen MR) is 112 cm³/mol. The normalized spacial score (nSPS) is 16.1. The Hall–Kier alpha value is -3.14. The fraction of sp³-hybridized carbons (Fsp3) is 0.250. The van der Waals surface area contributed by atoms with Crippen LogP contribution in [0.1, 0.15) is 29.5 Å². The number of fused-ring (bicyclic) bond motifs is 3. The van der Waals surface area contributed by atoms with E-state index in [2.05, 4.69) is 34.6 Å². The van der Waals surface area contributed by atoms with Crippen LogP contribution in [0, 0.1) is 5.92 Å². The summed E-state index contributed by atoms with van der Waals surface area (Å²) in [6.07, 6.45) is 5.54. The zero-order valence-electron chi connectivity index (χ0n) is 15.8. The highest BCUT2D eigenvalue weighted by Crippen LogP contribution is 2.36. The molecule has 1 aliphatic carbocycles. The lowest BCUT2D eigenvalue weighted by molar-refractivity contribution is -0.122. The van der Waals surface area contributed by atoms with Crippen LogP contribution in [0.5, 0.6) is 0 Å². The Morgan fingerprint density at radius 2 is 1.57 bits per heavy atom. The van der Waals surface area contributed by atoms with Crippen molar-refractivity contribution in [2.45, 2.75) is 32.2 Å². The number of pyridine rings is 1. The molecule has 1 N–H and O–H groups in total. The number of aromatic nitrogens is 1. The van der Waals surface area contributed by atoms with E-state index in [0.717, 1.165) is 48.4 Å². The number of hydrogen-bond acceptors (Lipinski definition) is 3. The van der Waals surface area contributed by atoms with E-state index in [-0.39, 0.29) is 11.8 Å². The minimum absolute atomic E-state index is 0.0404. The molecular formula is C24H23N3O. The number of hydrogen-bond donors (Lipinski definition) is 1. The van der Waals surface area contributed by atoms with Gasteiger partial charge in [0.05, 0.1) is 17.9 Å². The van der Waals surface area contributed by atoms with Crippen LogP contribution in [0.25, 0.3) is 0 Å². The Balaban J connectivity index is 1.47. The number of rotatable bonds is 1. The van der Waals surface area contributed by atoms with Gasteiger partial charge in [-0.25, -0.2) is 4.98 Å². The SMILES string of the molecule is O=C(C1CCc2ccccc2CC1)N1Cc2cccnc2Nc2ccccc21. The molecule has 1 aliphatic heterocycles. The van der Waals surface area contributed by atoms with Crippen molar-refractivity contribution in [3.63, 3.8) is 0 Å². The maximum absolute atomic E-state index is 13.7. The van der Waals surface area contributed by atoms with Crippen LogP contribution in [-0.4, -0.2) is 10.9 Å². The molecule has 4 heteroatoms. The van der Waals surface area contributed by atoms with Crippen LogP contribution < -0.4 is 10.2 Å². The summed E-state index contributed by atoms with van der Waals surface area (Å²) in [6.45, 7) is 0.551. The number of aryl methyl sites for hydroxylation is 2. The number of benzene rings is 2. The van der Waals surface area contributed by atoms with Gasteiger partial charge in [0, 0.05) is 17.7 Å². The third-order valence-corrected chi connectivity index (χ3v) is 5.93. The molecule has 0 radical (unpaired) electrons. The topological polar surface area (TPSA) is 45.2 Å². The first kappa shape index (κ1) is 17.0. The molecule has 1 amide bonds. The van der Waals surface area contributed by atoms with E-state index in [9.17, 15) is 4.79 Å². The van der Waals surface area contributed by atoms with Gasteiger partial charge in [-0.3, -0.25) is 4.79 Å². The second-order valence-corrected chi connectivity index (χ2v) is 7.62. The Morgan fingerprint density at radius 3 is 2.36 bits per heavy atom. The second kappa shape index (κ2) is 7.12. The lowest BCUT2D eigenvalue weighted by Crippen LogP contribution is -2.35. The van der Waals surface area contributed by atoms with Crippen LogP contribution in [0.2, 0.25) is 0 Å². The van der Waals surface area contributed by atoms with Crippen LogP contribution in [-0.2, 0) is 24.2 Å². The lowest BCUT2D eigenvalue weighted by Gasteiger charge is -2.27. The molecule has 5 rings (SSSR count). The first-order valence-electron chi connectivity index (χ1n) is 9.98. The molecule has 0 saturated heterocycles. The van der Waals surface area contributed by atoms with Crippen LogP contribution in [0.3, 0.4) is 0 Å². The number of amides is 1. The van der Waals surface area contributed by atoms with Gasteiger partial charge in [-0.2, -0.15) is 0 Å². The van der Waals surface area contributed by atoms with Crippen molar-refractivity contribution in [3.05, 3.63) is 83.6 Å². The minimum Gasteiger partial charge on any atom is -0.338 e. The minimum atomic E-state index is 0.0404. The van der Waals surface area contributed by atoms with Crippen LogP contribution >= 0.6 is 0 Å². The monoisotopic (exact) mass is 369 g/mol. The summed E-state index contributed by atoms with van der Waals surface area (Å²) in [5.74, 6) is 1.09. The van der Waals surface area contributed by atoms with E-state index in [1.807, 2.05) is 41.3 Å². The first-order chi connectivity index (χ1) is 13.8. The number of anilines is 3. The van der Waals surface area contributed by atoms with E-state index in [4.69, 9.17) is 0 Å². The highest BCUT2D eigenvalue weighted by atomic mass is 16.2. The molecule has 2 aromatic carbocycles. The van der Waals surface area contributed by atoms with Crippen molar-refractivity contribution in [1.29, 1.82) is 0 Å². The summed E-state index contributed by atoms with van der Waals surface area (Å²) >= 11 is 0. The molecule has 0 fully saturated rings. The smallest absolute Gasteiger partial charge is 0.230 e. The molecule has 0 bridgehead atoms. The second-order valence-electron chi connectivity index (χ2n) is 7.62. The van der Waals surface area contributed by atoms with E-state index in [0.29, 0.717) is 6.54 Å². The molecule has 2 aliphatic rings. The van der Waals surface area contributed by atoms with Crippen molar-refractivity contribution in [1.82, 2.24) is 4.98 Å². The third-order valence-electron chi connectivity index (χ3n) is 5.93. The number of carbonyl (C=O) groups excluding carboxylic acids is 1. The summed E-state index contributed by atoms with van der Waals surface area (Å²) < 4.78 is 0. The highest BCUT2D eigenvalue weighted by Gasteiger charge is 2.30. The van der Waals surface area contributed by atoms with Gasteiger partial charge < -0.3 is 10.2 Å². The van der Waals surface area contributed by atoms with Gasteiger partial charge in [0.1, 0.15) is 5.82 Å². The first-order valence-corrected chi connectivity index (χ1v) is 9.98. The van der Waals surface area contributed by atoms with Gasteiger partial charge in [-0.1, -0.05) is 42.5 Å². The van der Waals surface area contributed by atoms with E-state index < -0.39 is 0 Å². The standard InChI is InChI=1S/C24H23N3O/c28-24(19-13-11-17-6-1-2-7-18(17)12-14-19)27-16-20-8-5-15-25-23(20)26-21-9-3-4-10-22(21)27/h1-10,15,19H,11-14,16H2,(H,25,26). The van der Waals surface area contributed by atoms with Crippen LogP contribution in [0.4, 0.5) is 17.2 Å². The molecule has 28 heavy (non-hydrogen) atoms. The number of carbonyl (C=O) groups is 1. The quantitative estimate of drug-likeness (QED) is 0.623. The van der Waals surface area contributed by atoms with Gasteiger partial charge in [-0.05, 0) is 55.0 Å². The Kier molecular flexibility index (Phi) is 4.32. The average Bonchev–Trinajstić information content (AvgIpc) is 3.05. The average molecular weight is 369 g/mol. The predicted octanol–water partition coefficient (Wildman–Crippen LogP) is 4.87. The van der Waals surface area contributed by atoms with Gasteiger partial charge >= 0.3 is 0 Å². The van der Waals surface area contributed by atoms with E-state index >= 15 is 0 Å². The fourth-order valence-corrected chi connectivity index (χ4v) is 4.39. The fourth-order valence-electron chi connectivity index (χ4n) is 4.39. The van der Waals surface area contributed by atoms with E-state index in [1.165, 1.54) is 11.1 Å². The summed E-state index contributed by atoms with van der Waals surface area (Å²) in [4.78, 5) is 20.1. The summed E-state index contributed by atoms with van der Waals surface area (Å²) in [6, 6.07) is 20.6. The zero-order valence-corrected chi connectivity index (χ0v) is 15.8. The van der Waals surface area contributed by atoms with Crippen LogP contribution in [0.15, 0.2) is 66.9 Å². The maximum atomic E-state index is 13.7. The van der Waals surface area contributed by atoms with E-state index in [1.54, 1.807) is 6.20 Å². The molecule has 3 aromatic rings. The molecule has 1 aromatic heterocycles. The van der Waals surface area contributed by atoms with Gasteiger partial charge in [0.15, 0.2) is 0 Å². The van der Waals surface area contributed by atoms with Crippen molar-refractivity contribution < 1.29 is 4.79 Å². The number of nitrogens with one attached hydrogen (secondary N) is 1. The molecule has 2 heterocycles. The molecular weight excluding hydrogens is 346 g/mol. The highest BCUT2D eigenvalue weighted by molar-refractivity contribution is 5.99. The molecule has 0 unspecified atom stereocenters. The Morgan fingerprint density at radius 1 is 0.893 bits per heavy atom. The van der Waals surface area contributed by atoms with Crippen molar-refractivity contribution in [2.75, 3.05) is 10.2 Å². The molecule has 4 nitrogen and oxygen atoms in total. The Labute approximate surface area is 165 Å². The number of para-hydroxylation sites is 2. The lowest BCUT2D eigenvalue weighted by atomic mass is 9.97. The van der Waals surface area contributed by atoms with Crippen molar-refractivity contribution >= 4 is 23.1 Å².